The van der Waals surface area contributed by atoms with Crippen LogP contribution in [0.2, 0.25) is 0 Å². The van der Waals surface area contributed by atoms with Gasteiger partial charge in [-0.2, -0.15) is 0 Å². The third-order valence-corrected chi connectivity index (χ3v) is 4.62. The number of benzene rings is 1. The summed E-state index contributed by atoms with van der Waals surface area (Å²) in [6.07, 6.45) is 3.53. The number of hydrogen-bond donors (Lipinski definition) is 2. The summed E-state index contributed by atoms with van der Waals surface area (Å²) in [4.78, 5) is 17.9. The van der Waals surface area contributed by atoms with Gasteiger partial charge in [-0.15, -0.1) is 10.2 Å². The number of hydroxylamine groups is 1. The van der Waals surface area contributed by atoms with Crippen LogP contribution < -0.4 is 16.3 Å². The predicted molar refractivity (Wildman–Crippen MR) is 102 cm³/mol. The molecule has 0 atom stereocenters. The molecule has 0 spiro atoms. The SMILES string of the molecule is Bc1ccc(Nc2c(C(=O)NOCC3CC3)cn3c(C)nnc3c2F)c(F)c1. The van der Waals surface area contributed by atoms with E-state index in [1.54, 1.807) is 20.8 Å². The van der Waals surface area contributed by atoms with Crippen molar-refractivity contribution in [2.75, 3.05) is 11.9 Å². The molecular formula is C18H18BF2N5O2. The van der Waals surface area contributed by atoms with Crippen LogP contribution in [-0.4, -0.2) is 35.0 Å². The Morgan fingerprint density at radius 2 is 2.14 bits per heavy atom. The number of nitrogens with one attached hydrogen (secondary N) is 2. The normalized spacial score (nSPS) is 13.7. The first kappa shape index (κ1) is 18.4. The molecule has 2 N–H and O–H groups in total. The average Bonchev–Trinajstić information content (AvgIpc) is 3.40. The lowest BCUT2D eigenvalue weighted by Gasteiger charge is -2.15. The number of carbonyl (C=O) groups is 1. The van der Waals surface area contributed by atoms with Gasteiger partial charge in [-0.1, -0.05) is 11.5 Å². The summed E-state index contributed by atoms with van der Waals surface area (Å²) >= 11 is 0. The van der Waals surface area contributed by atoms with Gasteiger partial charge in [0.05, 0.1) is 23.5 Å². The fraction of sp³-hybridized carbons (Fsp3) is 0.278. The van der Waals surface area contributed by atoms with Crippen LogP contribution in [0.5, 0.6) is 0 Å². The molecule has 1 fully saturated rings. The topological polar surface area (TPSA) is 80.5 Å². The number of pyridine rings is 1. The number of nitrogens with zero attached hydrogens (tertiary/aromatic N) is 3. The quantitative estimate of drug-likeness (QED) is 0.495. The molecule has 144 valence electrons. The third kappa shape index (κ3) is 3.55. The highest BCUT2D eigenvalue weighted by atomic mass is 19.1. The van der Waals surface area contributed by atoms with Crippen LogP contribution in [0.25, 0.3) is 5.65 Å². The maximum atomic E-state index is 15.1. The van der Waals surface area contributed by atoms with E-state index in [0.29, 0.717) is 18.3 Å². The summed E-state index contributed by atoms with van der Waals surface area (Å²) in [7, 11) is 1.74. The lowest BCUT2D eigenvalue weighted by Crippen LogP contribution is -2.26. The lowest BCUT2D eigenvalue weighted by atomic mass is 9.96. The number of halogens is 2. The number of rotatable bonds is 6. The van der Waals surface area contributed by atoms with Gasteiger partial charge in [0.25, 0.3) is 5.91 Å². The Kier molecular flexibility index (Phi) is 4.72. The van der Waals surface area contributed by atoms with Crippen molar-refractivity contribution in [1.82, 2.24) is 20.1 Å². The molecule has 1 aromatic carbocycles. The first-order valence-electron chi connectivity index (χ1n) is 8.93. The minimum absolute atomic E-state index is 0.0398. The summed E-state index contributed by atoms with van der Waals surface area (Å²) < 4.78 is 30.8. The summed E-state index contributed by atoms with van der Waals surface area (Å²) in [6.45, 7) is 2.04. The van der Waals surface area contributed by atoms with E-state index in [1.807, 2.05) is 0 Å². The van der Waals surface area contributed by atoms with Crippen molar-refractivity contribution in [3.8, 4) is 0 Å². The minimum atomic E-state index is -0.810. The van der Waals surface area contributed by atoms with E-state index in [1.165, 1.54) is 22.7 Å². The molecule has 0 bridgehead atoms. The maximum Gasteiger partial charge on any atom is 0.278 e. The third-order valence-electron chi connectivity index (χ3n) is 4.62. The lowest BCUT2D eigenvalue weighted by molar-refractivity contribution is 0.0270. The second-order valence-electron chi connectivity index (χ2n) is 6.97. The van der Waals surface area contributed by atoms with Gasteiger partial charge < -0.3 is 5.32 Å². The summed E-state index contributed by atoms with van der Waals surface area (Å²) in [5, 5.41) is 10.3. The fourth-order valence-corrected chi connectivity index (χ4v) is 2.81. The highest BCUT2D eigenvalue weighted by Crippen LogP contribution is 2.30. The molecule has 0 saturated heterocycles. The zero-order valence-corrected chi connectivity index (χ0v) is 15.4. The fourth-order valence-electron chi connectivity index (χ4n) is 2.81. The monoisotopic (exact) mass is 385 g/mol. The molecule has 2 aromatic heterocycles. The molecule has 1 amide bonds. The van der Waals surface area contributed by atoms with Gasteiger partial charge in [0, 0.05) is 6.20 Å². The highest BCUT2D eigenvalue weighted by Gasteiger charge is 2.25. The molecule has 0 aliphatic heterocycles. The molecule has 4 rings (SSSR count). The molecule has 0 radical (unpaired) electrons. The summed E-state index contributed by atoms with van der Waals surface area (Å²) in [5.41, 5.74) is 2.77. The number of amides is 1. The van der Waals surface area contributed by atoms with Crippen molar-refractivity contribution >= 4 is 36.2 Å². The first-order valence-corrected chi connectivity index (χ1v) is 8.93. The molecule has 28 heavy (non-hydrogen) atoms. The largest absolute Gasteiger partial charge is 0.350 e. The number of fused-ring (bicyclic) bond motifs is 1. The van der Waals surface area contributed by atoms with Crippen LogP contribution in [0.4, 0.5) is 20.2 Å². The first-order chi connectivity index (χ1) is 13.4. The molecule has 1 aliphatic carbocycles. The van der Waals surface area contributed by atoms with Crippen molar-refractivity contribution in [2.45, 2.75) is 19.8 Å². The van der Waals surface area contributed by atoms with E-state index < -0.39 is 17.5 Å². The Morgan fingerprint density at radius 3 is 2.86 bits per heavy atom. The van der Waals surface area contributed by atoms with Crippen molar-refractivity contribution in [1.29, 1.82) is 0 Å². The van der Waals surface area contributed by atoms with E-state index in [0.717, 1.165) is 18.3 Å². The molecule has 7 nitrogen and oxygen atoms in total. The van der Waals surface area contributed by atoms with E-state index in [-0.39, 0.29) is 22.6 Å². The van der Waals surface area contributed by atoms with Crippen LogP contribution in [0.1, 0.15) is 29.0 Å². The number of carbonyl (C=O) groups excluding carboxylic acids is 1. The molecule has 10 heteroatoms. The standard InChI is InChI=1S/C18H18BF2N5O2/c1-9-23-24-17-15(21)16(22-14-5-4-11(19)6-13(14)20)12(7-26(9)17)18(27)25-28-8-10-2-3-10/h4-7,10,22H,2-3,8,19H2,1H3,(H,25,27). The molecular weight excluding hydrogens is 367 g/mol. The van der Waals surface area contributed by atoms with Crippen LogP contribution in [0, 0.1) is 24.5 Å². The number of anilines is 2. The van der Waals surface area contributed by atoms with E-state index in [4.69, 9.17) is 4.84 Å². The maximum absolute atomic E-state index is 15.1. The van der Waals surface area contributed by atoms with Crippen molar-refractivity contribution in [3.63, 3.8) is 0 Å². The van der Waals surface area contributed by atoms with Gasteiger partial charge in [-0.25, -0.2) is 14.3 Å². The van der Waals surface area contributed by atoms with Crippen LogP contribution >= 0.6 is 0 Å². The number of aryl methyl sites for hydroxylation is 1. The van der Waals surface area contributed by atoms with Crippen LogP contribution in [0.3, 0.4) is 0 Å². The molecule has 2 heterocycles. The number of hydrogen-bond acceptors (Lipinski definition) is 5. The smallest absolute Gasteiger partial charge is 0.278 e. The Hall–Kier alpha value is -3.01. The Balaban J connectivity index is 1.73. The van der Waals surface area contributed by atoms with Crippen molar-refractivity contribution < 1.29 is 18.4 Å². The Bertz CT molecular complexity index is 1070. The van der Waals surface area contributed by atoms with Crippen molar-refractivity contribution in [2.24, 2.45) is 5.92 Å². The molecule has 3 aromatic rings. The van der Waals surface area contributed by atoms with Gasteiger partial charge in [-0.3, -0.25) is 14.0 Å². The van der Waals surface area contributed by atoms with E-state index in [2.05, 4.69) is 21.0 Å². The van der Waals surface area contributed by atoms with Gasteiger partial charge in [0.1, 0.15) is 19.5 Å². The average molecular weight is 385 g/mol. The van der Waals surface area contributed by atoms with Gasteiger partial charge >= 0.3 is 0 Å². The summed E-state index contributed by atoms with van der Waals surface area (Å²) in [5.74, 6) is -1.16. The van der Waals surface area contributed by atoms with E-state index >= 15 is 4.39 Å². The second-order valence-corrected chi connectivity index (χ2v) is 6.97. The molecule has 1 saturated carbocycles. The predicted octanol–water partition coefficient (Wildman–Crippen LogP) is 1.39. The van der Waals surface area contributed by atoms with Gasteiger partial charge in [0.15, 0.2) is 11.5 Å². The van der Waals surface area contributed by atoms with Crippen LogP contribution in [-0.2, 0) is 4.84 Å². The van der Waals surface area contributed by atoms with Gasteiger partial charge in [0.2, 0.25) is 0 Å². The molecule has 0 unspecified atom stereocenters. The van der Waals surface area contributed by atoms with Crippen molar-refractivity contribution in [3.05, 3.63) is 47.4 Å². The minimum Gasteiger partial charge on any atom is -0.350 e. The van der Waals surface area contributed by atoms with Crippen LogP contribution in [0.15, 0.2) is 24.4 Å². The van der Waals surface area contributed by atoms with E-state index in [9.17, 15) is 9.18 Å². The number of aromatic nitrogens is 3. The molecule has 1 aliphatic rings. The summed E-state index contributed by atoms with van der Waals surface area (Å²) in [6, 6.07) is 4.48. The highest BCUT2D eigenvalue weighted by molar-refractivity contribution is 6.32. The Labute approximate surface area is 160 Å². The zero-order chi connectivity index (χ0) is 19.8. The van der Waals surface area contributed by atoms with Gasteiger partial charge in [-0.05, 0) is 37.8 Å². The second kappa shape index (κ2) is 7.19. The zero-order valence-electron chi connectivity index (χ0n) is 15.4. The Morgan fingerprint density at radius 1 is 1.36 bits per heavy atom.